The molecule has 1 aliphatic rings. The van der Waals surface area contributed by atoms with Crippen molar-refractivity contribution in [1.29, 1.82) is 0 Å². The summed E-state index contributed by atoms with van der Waals surface area (Å²) in [5.41, 5.74) is 19.7. The Balaban J connectivity index is 2.54. The van der Waals surface area contributed by atoms with Gasteiger partial charge in [0.1, 0.15) is 18.0 Å². The van der Waals surface area contributed by atoms with E-state index in [-0.39, 0.29) is 5.82 Å². The van der Waals surface area contributed by atoms with Crippen LogP contribution in [0.25, 0.3) is 20.9 Å². The van der Waals surface area contributed by atoms with E-state index in [4.69, 9.17) is 21.5 Å². The highest BCUT2D eigenvalue weighted by molar-refractivity contribution is 5.23. The number of aromatic nitrogens is 2. The molecule has 116 valence electrons. The van der Waals surface area contributed by atoms with Crippen molar-refractivity contribution in [2.45, 2.75) is 24.1 Å². The number of nitrogen functional groups attached to an aromatic ring is 1. The first kappa shape index (κ1) is 15.6. The molecule has 0 saturated carbocycles. The summed E-state index contributed by atoms with van der Waals surface area (Å²) in [6, 6.07) is -0.153. The van der Waals surface area contributed by atoms with Gasteiger partial charge in [0, 0.05) is 16.0 Å². The van der Waals surface area contributed by atoms with Gasteiger partial charge in [-0.3, -0.25) is 4.57 Å². The molecule has 4 N–H and O–H groups in total. The van der Waals surface area contributed by atoms with Gasteiger partial charge in [0.25, 0.3) is 0 Å². The maximum atomic E-state index is 11.8. The molecule has 0 unspecified atom stereocenters. The molecule has 1 aromatic heterocycles. The third kappa shape index (κ3) is 2.41. The second-order valence-electron chi connectivity index (χ2n) is 4.38. The van der Waals surface area contributed by atoms with Crippen molar-refractivity contribution in [1.82, 2.24) is 9.55 Å². The summed E-state index contributed by atoms with van der Waals surface area (Å²) < 4.78 is 6.20. The van der Waals surface area contributed by atoms with Crippen LogP contribution in [0.4, 0.5) is 5.82 Å². The van der Waals surface area contributed by atoms with Crippen LogP contribution in [0.2, 0.25) is 0 Å². The maximum Gasteiger partial charge on any atom is 0.351 e. The molecule has 0 spiro atoms. The maximum absolute atomic E-state index is 11.8. The zero-order valence-electron chi connectivity index (χ0n) is 11.0. The molecule has 13 heteroatoms. The summed E-state index contributed by atoms with van der Waals surface area (Å²) in [5, 5.41) is 26.2. The molecule has 0 bridgehead atoms. The SMILES string of the molecule is [N-]=[N+]=N[C@H]1[C@@H](O)[C@H](n2ccc(N)nc2=O)O[C@@]1(CO)N=[N+]=[N-]. The van der Waals surface area contributed by atoms with Gasteiger partial charge >= 0.3 is 5.69 Å². The Bertz CT molecular complexity index is 722. The van der Waals surface area contributed by atoms with Gasteiger partial charge in [0.05, 0.1) is 6.61 Å². The molecule has 0 radical (unpaired) electrons. The third-order valence-corrected chi connectivity index (χ3v) is 3.14. The second-order valence-corrected chi connectivity index (χ2v) is 4.38. The van der Waals surface area contributed by atoms with Gasteiger partial charge in [-0.2, -0.15) is 4.98 Å². The molecule has 0 aliphatic carbocycles. The Kier molecular flexibility index (Phi) is 4.17. The molecule has 2 rings (SSSR count). The zero-order valence-corrected chi connectivity index (χ0v) is 11.0. The van der Waals surface area contributed by atoms with Gasteiger partial charge in [0.15, 0.2) is 12.0 Å². The minimum Gasteiger partial charge on any atom is -0.393 e. The summed E-state index contributed by atoms with van der Waals surface area (Å²) in [6.07, 6.45) is -1.74. The lowest BCUT2D eigenvalue weighted by Gasteiger charge is -2.24. The van der Waals surface area contributed by atoms with Crippen molar-refractivity contribution in [3.05, 3.63) is 43.6 Å². The molecule has 0 aromatic carbocycles. The Hall–Kier alpha value is -2.82. The average Bonchev–Trinajstić information content (AvgIpc) is 2.74. The van der Waals surface area contributed by atoms with Gasteiger partial charge in [0.2, 0.25) is 0 Å². The predicted molar refractivity (Wildman–Crippen MR) is 70.9 cm³/mol. The van der Waals surface area contributed by atoms with Crippen molar-refractivity contribution < 1.29 is 14.9 Å². The van der Waals surface area contributed by atoms with E-state index in [2.05, 4.69) is 25.0 Å². The van der Waals surface area contributed by atoms with Crippen LogP contribution in [0.3, 0.4) is 0 Å². The number of anilines is 1. The van der Waals surface area contributed by atoms with E-state index >= 15 is 0 Å². The Morgan fingerprint density at radius 2 is 2.27 bits per heavy atom. The smallest absolute Gasteiger partial charge is 0.351 e. The van der Waals surface area contributed by atoms with E-state index in [1.165, 1.54) is 12.3 Å². The summed E-state index contributed by atoms with van der Waals surface area (Å²) in [6.45, 7) is -0.870. The molecule has 13 nitrogen and oxygen atoms in total. The third-order valence-electron chi connectivity index (χ3n) is 3.14. The van der Waals surface area contributed by atoms with Crippen LogP contribution in [0.15, 0.2) is 27.3 Å². The quantitative estimate of drug-likeness (QED) is 0.375. The van der Waals surface area contributed by atoms with Crippen LogP contribution < -0.4 is 11.4 Å². The van der Waals surface area contributed by atoms with Crippen molar-refractivity contribution in [3.8, 4) is 0 Å². The highest BCUT2D eigenvalue weighted by Crippen LogP contribution is 2.39. The lowest BCUT2D eigenvalue weighted by molar-refractivity contribution is -0.109. The molecular formula is C9H11N9O4. The fraction of sp³-hybridized carbons (Fsp3) is 0.556. The molecule has 2 heterocycles. The lowest BCUT2D eigenvalue weighted by atomic mass is 10.0. The molecule has 22 heavy (non-hydrogen) atoms. The number of ether oxygens (including phenoxy) is 1. The van der Waals surface area contributed by atoms with Crippen LogP contribution in [-0.2, 0) is 4.74 Å². The largest absolute Gasteiger partial charge is 0.393 e. The number of aliphatic hydroxyl groups is 2. The van der Waals surface area contributed by atoms with E-state index in [1.54, 1.807) is 0 Å². The first-order chi connectivity index (χ1) is 10.5. The van der Waals surface area contributed by atoms with Gasteiger partial charge < -0.3 is 20.7 Å². The highest BCUT2D eigenvalue weighted by atomic mass is 16.6. The molecule has 1 fully saturated rings. The molecule has 1 aliphatic heterocycles. The molecule has 1 saturated heterocycles. The summed E-state index contributed by atoms with van der Waals surface area (Å²) in [4.78, 5) is 20.3. The number of nitrogens with zero attached hydrogens (tertiary/aromatic N) is 8. The van der Waals surface area contributed by atoms with Crippen molar-refractivity contribution in [2.75, 3.05) is 12.3 Å². The standard InChI is InChI=1S/C9H11N9O4/c10-4-1-2-18(8(21)13-4)7-5(20)6(14-16-11)9(3-19,22-7)15-17-12/h1-2,5-7,19-20H,3H2,(H2,10,13,21)/t5-,6+,7-,9-/m1/s1. The van der Waals surface area contributed by atoms with E-state index in [9.17, 15) is 15.0 Å². The normalized spacial score (nSPS) is 30.4. The average molecular weight is 309 g/mol. The van der Waals surface area contributed by atoms with Crippen LogP contribution in [0, 0.1) is 0 Å². The van der Waals surface area contributed by atoms with Gasteiger partial charge in [-0.1, -0.05) is 10.2 Å². The monoisotopic (exact) mass is 309 g/mol. The molecule has 0 amide bonds. The summed E-state index contributed by atoms with van der Waals surface area (Å²) in [7, 11) is 0. The van der Waals surface area contributed by atoms with Gasteiger partial charge in [-0.15, -0.1) is 0 Å². The van der Waals surface area contributed by atoms with Crippen molar-refractivity contribution >= 4 is 5.82 Å². The van der Waals surface area contributed by atoms with Gasteiger partial charge in [-0.05, 0) is 17.1 Å². The van der Waals surface area contributed by atoms with E-state index in [1.807, 2.05) is 0 Å². The zero-order chi connectivity index (χ0) is 16.3. The molecule has 4 atom stereocenters. The molecule has 1 aromatic rings. The Morgan fingerprint density at radius 1 is 1.55 bits per heavy atom. The van der Waals surface area contributed by atoms with E-state index < -0.39 is 36.4 Å². The summed E-state index contributed by atoms with van der Waals surface area (Å²) in [5.74, 6) is -0.0381. The van der Waals surface area contributed by atoms with Crippen LogP contribution in [-0.4, -0.2) is 44.2 Å². The summed E-state index contributed by atoms with van der Waals surface area (Å²) >= 11 is 0. The van der Waals surface area contributed by atoms with E-state index in [0.717, 1.165) is 4.57 Å². The van der Waals surface area contributed by atoms with Gasteiger partial charge in [-0.25, -0.2) is 4.79 Å². The van der Waals surface area contributed by atoms with Crippen LogP contribution >= 0.6 is 0 Å². The Morgan fingerprint density at radius 3 is 2.82 bits per heavy atom. The fourth-order valence-corrected chi connectivity index (χ4v) is 2.15. The number of nitrogens with two attached hydrogens (primary N) is 1. The predicted octanol–water partition coefficient (Wildman–Crippen LogP) is -0.607. The topological polar surface area (TPSA) is 208 Å². The first-order valence-corrected chi connectivity index (χ1v) is 5.91. The number of rotatable bonds is 4. The molecular weight excluding hydrogens is 298 g/mol. The lowest BCUT2D eigenvalue weighted by Crippen LogP contribution is -2.42. The number of aliphatic hydroxyl groups excluding tert-OH is 2. The highest BCUT2D eigenvalue weighted by Gasteiger charge is 2.55. The first-order valence-electron chi connectivity index (χ1n) is 5.91. The minimum atomic E-state index is -2.04. The second kappa shape index (κ2) is 5.89. The van der Waals surface area contributed by atoms with E-state index in [0.29, 0.717) is 0 Å². The minimum absolute atomic E-state index is 0.0381. The number of hydrogen-bond donors (Lipinski definition) is 3. The number of hydrogen-bond acceptors (Lipinski definition) is 8. The van der Waals surface area contributed by atoms with Crippen molar-refractivity contribution in [3.63, 3.8) is 0 Å². The Labute approximate surface area is 121 Å². The van der Waals surface area contributed by atoms with Crippen LogP contribution in [0.1, 0.15) is 6.23 Å². The fourth-order valence-electron chi connectivity index (χ4n) is 2.15. The van der Waals surface area contributed by atoms with Crippen LogP contribution in [0.5, 0.6) is 0 Å². The van der Waals surface area contributed by atoms with Crippen molar-refractivity contribution in [2.24, 2.45) is 10.2 Å². The number of azide groups is 2.